The lowest BCUT2D eigenvalue weighted by molar-refractivity contribution is -0.137. The molecule has 7 heteroatoms. The molecule has 0 unspecified atom stereocenters. The minimum absolute atomic E-state index is 0.113. The molecule has 0 fully saturated rings. The zero-order valence-corrected chi connectivity index (χ0v) is 12.1. The summed E-state index contributed by atoms with van der Waals surface area (Å²) in [6.07, 6.45) is -4.45. The van der Waals surface area contributed by atoms with E-state index in [1.165, 1.54) is 6.07 Å². The Morgan fingerprint density at radius 2 is 1.71 bits per heavy atom. The van der Waals surface area contributed by atoms with Gasteiger partial charge in [-0.05, 0) is 42.5 Å². The quantitative estimate of drug-likeness (QED) is 0.798. The van der Waals surface area contributed by atoms with Gasteiger partial charge in [0.1, 0.15) is 4.99 Å². The van der Waals surface area contributed by atoms with Crippen molar-refractivity contribution in [1.29, 1.82) is 0 Å². The molecule has 21 heavy (non-hydrogen) atoms. The van der Waals surface area contributed by atoms with Gasteiger partial charge in [-0.25, -0.2) is 0 Å². The number of nitrogens with one attached hydrogen (secondary N) is 1. The Morgan fingerprint density at radius 1 is 1.10 bits per heavy atom. The van der Waals surface area contributed by atoms with Gasteiger partial charge in [0.2, 0.25) is 0 Å². The van der Waals surface area contributed by atoms with Gasteiger partial charge in [-0.1, -0.05) is 23.8 Å². The van der Waals surface area contributed by atoms with Crippen LogP contribution >= 0.6 is 23.8 Å². The van der Waals surface area contributed by atoms with Crippen LogP contribution in [-0.2, 0) is 6.18 Å². The summed E-state index contributed by atoms with van der Waals surface area (Å²) in [7, 11) is 0. The number of thiocarbonyl (C=S) groups is 1. The summed E-state index contributed by atoms with van der Waals surface area (Å²) in [5.41, 5.74) is 5.91. The molecule has 2 nitrogen and oxygen atoms in total. The van der Waals surface area contributed by atoms with Gasteiger partial charge in [0, 0.05) is 22.0 Å². The SMILES string of the molecule is NC(=S)c1cc(C(F)(F)F)ccc1Nc1ccc(Cl)cc1. The van der Waals surface area contributed by atoms with Crippen LogP contribution in [0.25, 0.3) is 0 Å². The van der Waals surface area contributed by atoms with Gasteiger partial charge in [-0.2, -0.15) is 13.2 Å². The summed E-state index contributed by atoms with van der Waals surface area (Å²) in [6.45, 7) is 0. The van der Waals surface area contributed by atoms with Gasteiger partial charge >= 0.3 is 6.18 Å². The van der Waals surface area contributed by atoms with Gasteiger partial charge in [0.15, 0.2) is 0 Å². The van der Waals surface area contributed by atoms with Gasteiger partial charge in [0.25, 0.3) is 0 Å². The molecule has 2 aromatic carbocycles. The molecular formula is C14H10ClF3N2S. The van der Waals surface area contributed by atoms with Crippen molar-refractivity contribution in [1.82, 2.24) is 0 Å². The summed E-state index contributed by atoms with van der Waals surface area (Å²) >= 11 is 10.6. The van der Waals surface area contributed by atoms with E-state index in [0.29, 0.717) is 16.4 Å². The average Bonchev–Trinajstić information content (AvgIpc) is 2.40. The lowest BCUT2D eigenvalue weighted by Crippen LogP contribution is -2.14. The second-order valence-electron chi connectivity index (χ2n) is 4.25. The fourth-order valence-corrected chi connectivity index (χ4v) is 2.02. The summed E-state index contributed by atoms with van der Waals surface area (Å²) < 4.78 is 38.1. The van der Waals surface area contributed by atoms with Crippen LogP contribution in [0.4, 0.5) is 24.5 Å². The topological polar surface area (TPSA) is 38.0 Å². The summed E-state index contributed by atoms with van der Waals surface area (Å²) in [5.74, 6) is 0. The zero-order chi connectivity index (χ0) is 15.6. The maximum atomic E-state index is 12.7. The number of nitrogens with two attached hydrogens (primary N) is 1. The standard InChI is InChI=1S/C14H10ClF3N2S/c15-9-2-4-10(5-3-9)20-12-6-1-8(14(16,17)18)7-11(12)13(19)21/h1-7,20H,(H2,19,21). The number of anilines is 2. The van der Waals surface area contributed by atoms with Crippen LogP contribution in [0.2, 0.25) is 5.02 Å². The highest BCUT2D eigenvalue weighted by Crippen LogP contribution is 2.32. The third-order valence-electron chi connectivity index (χ3n) is 2.74. The molecule has 0 aliphatic rings. The molecule has 0 saturated carbocycles. The van der Waals surface area contributed by atoms with Crippen molar-refractivity contribution >= 4 is 40.2 Å². The van der Waals surface area contributed by atoms with Crippen molar-refractivity contribution in [3.8, 4) is 0 Å². The second-order valence-corrected chi connectivity index (χ2v) is 5.13. The predicted molar refractivity (Wildman–Crippen MR) is 82.1 cm³/mol. The Balaban J connectivity index is 2.39. The number of hydrogen-bond donors (Lipinski definition) is 2. The molecule has 0 bridgehead atoms. The van der Waals surface area contributed by atoms with Crippen molar-refractivity contribution in [2.45, 2.75) is 6.18 Å². The first-order valence-corrected chi connectivity index (χ1v) is 6.59. The molecule has 0 radical (unpaired) electrons. The van der Waals surface area contributed by atoms with E-state index >= 15 is 0 Å². The van der Waals surface area contributed by atoms with Gasteiger partial charge < -0.3 is 11.1 Å². The number of hydrogen-bond acceptors (Lipinski definition) is 2. The van der Waals surface area contributed by atoms with Crippen LogP contribution in [0.5, 0.6) is 0 Å². The first-order chi connectivity index (χ1) is 9.77. The smallest absolute Gasteiger partial charge is 0.389 e. The predicted octanol–water partition coefficient (Wildman–Crippen LogP) is 4.74. The van der Waals surface area contributed by atoms with Crippen molar-refractivity contribution in [3.63, 3.8) is 0 Å². The highest BCUT2D eigenvalue weighted by atomic mass is 35.5. The highest BCUT2D eigenvalue weighted by molar-refractivity contribution is 7.80. The number of rotatable bonds is 3. The molecule has 2 aromatic rings. The molecule has 2 rings (SSSR count). The molecular weight excluding hydrogens is 321 g/mol. The lowest BCUT2D eigenvalue weighted by atomic mass is 10.1. The Kier molecular flexibility index (Phi) is 4.39. The number of halogens is 4. The monoisotopic (exact) mass is 330 g/mol. The maximum absolute atomic E-state index is 12.7. The van der Waals surface area contributed by atoms with E-state index in [2.05, 4.69) is 5.32 Å². The fraction of sp³-hybridized carbons (Fsp3) is 0.0714. The van der Waals surface area contributed by atoms with Crippen LogP contribution in [-0.4, -0.2) is 4.99 Å². The first kappa shape index (κ1) is 15.6. The molecule has 110 valence electrons. The zero-order valence-electron chi connectivity index (χ0n) is 10.5. The van der Waals surface area contributed by atoms with Gasteiger partial charge in [-0.15, -0.1) is 0 Å². The highest BCUT2D eigenvalue weighted by Gasteiger charge is 2.31. The molecule has 0 aliphatic carbocycles. The van der Waals surface area contributed by atoms with E-state index in [9.17, 15) is 13.2 Å². The lowest BCUT2D eigenvalue weighted by Gasteiger charge is -2.14. The minimum Gasteiger partial charge on any atom is -0.389 e. The third-order valence-corrected chi connectivity index (χ3v) is 3.21. The summed E-state index contributed by atoms with van der Waals surface area (Å²) in [5, 5.41) is 3.52. The molecule has 0 atom stereocenters. The fourth-order valence-electron chi connectivity index (χ4n) is 1.72. The molecule has 0 amide bonds. The van der Waals surface area contributed by atoms with Crippen molar-refractivity contribution in [3.05, 3.63) is 58.6 Å². The Hall–Kier alpha value is -1.79. The van der Waals surface area contributed by atoms with Crippen LogP contribution in [0, 0.1) is 0 Å². The van der Waals surface area contributed by atoms with E-state index in [-0.39, 0.29) is 10.6 Å². The van der Waals surface area contributed by atoms with Crippen molar-refractivity contribution in [2.75, 3.05) is 5.32 Å². The van der Waals surface area contributed by atoms with Gasteiger partial charge in [0.05, 0.1) is 5.56 Å². The minimum atomic E-state index is -4.45. The molecule has 3 N–H and O–H groups in total. The van der Waals surface area contributed by atoms with E-state index in [1.54, 1.807) is 24.3 Å². The Labute approximate surface area is 129 Å². The molecule has 0 heterocycles. The van der Waals surface area contributed by atoms with E-state index < -0.39 is 11.7 Å². The van der Waals surface area contributed by atoms with E-state index in [1.807, 2.05) is 0 Å². The molecule has 0 spiro atoms. The third kappa shape index (κ3) is 3.86. The average molecular weight is 331 g/mol. The maximum Gasteiger partial charge on any atom is 0.416 e. The van der Waals surface area contributed by atoms with Crippen LogP contribution in [0.1, 0.15) is 11.1 Å². The van der Waals surface area contributed by atoms with Crippen molar-refractivity contribution in [2.24, 2.45) is 5.73 Å². The Morgan fingerprint density at radius 3 is 2.24 bits per heavy atom. The largest absolute Gasteiger partial charge is 0.416 e. The van der Waals surface area contributed by atoms with Crippen LogP contribution in [0.3, 0.4) is 0 Å². The van der Waals surface area contributed by atoms with E-state index in [4.69, 9.17) is 29.6 Å². The molecule has 0 aromatic heterocycles. The normalized spacial score (nSPS) is 11.2. The first-order valence-electron chi connectivity index (χ1n) is 5.81. The van der Waals surface area contributed by atoms with Crippen LogP contribution in [0.15, 0.2) is 42.5 Å². The van der Waals surface area contributed by atoms with E-state index in [0.717, 1.165) is 12.1 Å². The van der Waals surface area contributed by atoms with Crippen molar-refractivity contribution < 1.29 is 13.2 Å². The summed E-state index contributed by atoms with van der Waals surface area (Å²) in [6, 6.07) is 9.92. The van der Waals surface area contributed by atoms with Crippen LogP contribution < -0.4 is 11.1 Å². The molecule has 0 saturated heterocycles. The number of alkyl halides is 3. The molecule has 0 aliphatic heterocycles. The second kappa shape index (κ2) is 5.91. The number of benzene rings is 2. The van der Waals surface area contributed by atoms with Gasteiger partial charge in [-0.3, -0.25) is 0 Å². The Bertz CT molecular complexity index is 669. The summed E-state index contributed by atoms with van der Waals surface area (Å²) in [4.78, 5) is -0.113.